The van der Waals surface area contributed by atoms with Gasteiger partial charge in [-0.3, -0.25) is 9.89 Å². The summed E-state index contributed by atoms with van der Waals surface area (Å²) in [5, 5.41) is 20.5. The minimum atomic E-state index is -1.77. The van der Waals surface area contributed by atoms with Crippen LogP contribution in [0, 0.1) is 11.8 Å². The first-order valence-corrected chi connectivity index (χ1v) is 8.32. The Labute approximate surface area is 154 Å². The number of fused-ring (bicyclic) bond motifs is 1. The molecule has 1 fully saturated rings. The number of cyclic esters (lactones) is 1. The molecule has 0 radical (unpaired) electrons. The van der Waals surface area contributed by atoms with Gasteiger partial charge in [-0.15, -0.1) is 0 Å². The van der Waals surface area contributed by atoms with E-state index in [2.05, 4.69) is 27.4 Å². The zero-order chi connectivity index (χ0) is 18.9. The van der Waals surface area contributed by atoms with Crippen LogP contribution in [0.1, 0.15) is 22.5 Å². The molecule has 1 saturated heterocycles. The van der Waals surface area contributed by atoms with Crippen LogP contribution in [0.5, 0.6) is 0 Å². The minimum Gasteiger partial charge on any atom is -0.463 e. The lowest BCUT2D eigenvalue weighted by Crippen LogP contribution is -2.31. The number of hydrogen-bond acceptors (Lipinski definition) is 5. The van der Waals surface area contributed by atoms with Crippen LogP contribution in [0.2, 0.25) is 0 Å². The molecule has 1 atom stereocenters. The number of rotatable bonds is 2. The molecular formula is C20H15N3O4. The molecule has 4 rings (SSSR count). The summed E-state index contributed by atoms with van der Waals surface area (Å²) in [5.74, 6) is 4.24. The Morgan fingerprint density at radius 3 is 2.93 bits per heavy atom. The van der Waals surface area contributed by atoms with Gasteiger partial charge in [-0.05, 0) is 24.3 Å². The van der Waals surface area contributed by atoms with Crippen molar-refractivity contribution in [1.82, 2.24) is 10.2 Å². The third-order valence-corrected chi connectivity index (χ3v) is 4.25. The standard InChI is InChI=1S/C20H15N3O4/c24-18(17-15-6-1-2-7-16(15)22-23-17)21-14-5-3-4-13(12-14)8-9-20(26)10-11-27-19(20)25/h1-7,12,26H,10-11H2,(H,21,24)(H,22,23)/t20-/m1/s1. The van der Waals surface area contributed by atoms with Crippen molar-refractivity contribution in [2.24, 2.45) is 0 Å². The molecule has 1 aliphatic heterocycles. The fraction of sp³-hybridized carbons (Fsp3) is 0.150. The molecule has 3 N–H and O–H groups in total. The Bertz CT molecular complexity index is 1110. The third-order valence-electron chi connectivity index (χ3n) is 4.25. The highest BCUT2D eigenvalue weighted by atomic mass is 16.6. The predicted molar refractivity (Wildman–Crippen MR) is 97.9 cm³/mol. The van der Waals surface area contributed by atoms with Gasteiger partial charge in [0.25, 0.3) is 5.91 Å². The summed E-state index contributed by atoms with van der Waals surface area (Å²) in [5.41, 5.74) is 0.379. The molecule has 7 nitrogen and oxygen atoms in total. The van der Waals surface area contributed by atoms with Gasteiger partial charge >= 0.3 is 5.97 Å². The summed E-state index contributed by atoms with van der Waals surface area (Å²) in [6.07, 6.45) is 0.140. The molecular weight excluding hydrogens is 346 g/mol. The summed E-state index contributed by atoms with van der Waals surface area (Å²) < 4.78 is 4.75. The van der Waals surface area contributed by atoms with E-state index in [1.165, 1.54) is 0 Å². The van der Waals surface area contributed by atoms with Crippen molar-refractivity contribution >= 4 is 28.5 Å². The summed E-state index contributed by atoms with van der Waals surface area (Å²) >= 11 is 0. The predicted octanol–water partition coefficient (Wildman–Crippen LogP) is 1.84. The smallest absolute Gasteiger partial charge is 0.351 e. The van der Waals surface area contributed by atoms with Crippen molar-refractivity contribution < 1.29 is 19.4 Å². The number of amides is 1. The van der Waals surface area contributed by atoms with Gasteiger partial charge in [0.1, 0.15) is 0 Å². The van der Waals surface area contributed by atoms with Gasteiger partial charge in [-0.2, -0.15) is 5.10 Å². The summed E-state index contributed by atoms with van der Waals surface area (Å²) in [6, 6.07) is 14.2. The Hall–Kier alpha value is -3.63. The summed E-state index contributed by atoms with van der Waals surface area (Å²) in [4.78, 5) is 24.1. The van der Waals surface area contributed by atoms with Gasteiger partial charge in [0.05, 0.1) is 12.1 Å². The Kier molecular flexibility index (Phi) is 4.11. The molecule has 3 aromatic rings. The van der Waals surface area contributed by atoms with E-state index in [0.717, 1.165) is 10.9 Å². The molecule has 1 amide bonds. The molecule has 2 aromatic carbocycles. The second kappa shape index (κ2) is 6.59. The number of H-pyrrole nitrogens is 1. The van der Waals surface area contributed by atoms with Crippen LogP contribution in [-0.4, -0.2) is 39.4 Å². The van der Waals surface area contributed by atoms with E-state index in [1.807, 2.05) is 24.3 Å². The topological polar surface area (TPSA) is 104 Å². The van der Waals surface area contributed by atoms with Gasteiger partial charge < -0.3 is 15.2 Å². The van der Waals surface area contributed by atoms with Crippen molar-refractivity contribution in [2.45, 2.75) is 12.0 Å². The number of carbonyl (C=O) groups excluding carboxylic acids is 2. The van der Waals surface area contributed by atoms with Gasteiger partial charge in [0.15, 0.2) is 5.69 Å². The van der Waals surface area contributed by atoms with E-state index in [-0.39, 0.29) is 18.9 Å². The quantitative estimate of drug-likeness (QED) is 0.477. The molecule has 0 bridgehead atoms. The van der Waals surface area contributed by atoms with Crippen LogP contribution in [0.15, 0.2) is 48.5 Å². The highest BCUT2D eigenvalue weighted by molar-refractivity contribution is 6.11. The van der Waals surface area contributed by atoms with Crippen LogP contribution in [-0.2, 0) is 9.53 Å². The Balaban J connectivity index is 1.55. The van der Waals surface area contributed by atoms with Gasteiger partial charge in [0.2, 0.25) is 5.60 Å². The number of aliphatic hydroxyl groups is 1. The molecule has 27 heavy (non-hydrogen) atoms. The maximum Gasteiger partial charge on any atom is 0.351 e. The first-order chi connectivity index (χ1) is 13.0. The molecule has 0 saturated carbocycles. The monoisotopic (exact) mass is 361 g/mol. The lowest BCUT2D eigenvalue weighted by atomic mass is 10.0. The van der Waals surface area contributed by atoms with E-state index in [1.54, 1.807) is 24.3 Å². The SMILES string of the molecule is O=C(Nc1cccc(C#C[C@@]2(O)CCOC2=O)c1)c1n[nH]c2ccccc12. The maximum atomic E-state index is 12.5. The van der Waals surface area contributed by atoms with Crippen LogP contribution >= 0.6 is 0 Å². The number of anilines is 1. The van der Waals surface area contributed by atoms with Crippen LogP contribution in [0.3, 0.4) is 0 Å². The third kappa shape index (κ3) is 3.26. The second-order valence-corrected chi connectivity index (χ2v) is 6.15. The van der Waals surface area contributed by atoms with Crippen LogP contribution in [0.4, 0.5) is 5.69 Å². The van der Waals surface area contributed by atoms with Crippen molar-refractivity contribution in [3.63, 3.8) is 0 Å². The van der Waals surface area contributed by atoms with Crippen molar-refractivity contribution in [3.8, 4) is 11.8 Å². The molecule has 7 heteroatoms. The van der Waals surface area contributed by atoms with Crippen molar-refractivity contribution in [2.75, 3.05) is 11.9 Å². The van der Waals surface area contributed by atoms with Crippen LogP contribution < -0.4 is 5.32 Å². The van der Waals surface area contributed by atoms with E-state index in [0.29, 0.717) is 16.9 Å². The summed E-state index contributed by atoms with van der Waals surface area (Å²) in [6.45, 7) is 0.151. The Morgan fingerprint density at radius 2 is 2.11 bits per heavy atom. The number of aromatic nitrogens is 2. The normalized spacial score (nSPS) is 18.6. The second-order valence-electron chi connectivity index (χ2n) is 6.15. The average Bonchev–Trinajstić information content (AvgIpc) is 3.24. The molecule has 1 aromatic heterocycles. The summed E-state index contributed by atoms with van der Waals surface area (Å²) in [7, 11) is 0. The van der Waals surface area contributed by atoms with E-state index in [4.69, 9.17) is 4.74 Å². The maximum absolute atomic E-state index is 12.5. The van der Waals surface area contributed by atoms with Gasteiger partial charge in [-0.25, -0.2) is 4.79 Å². The number of para-hydroxylation sites is 1. The number of nitrogens with one attached hydrogen (secondary N) is 2. The van der Waals surface area contributed by atoms with Crippen molar-refractivity contribution in [1.29, 1.82) is 0 Å². The largest absolute Gasteiger partial charge is 0.463 e. The van der Waals surface area contributed by atoms with Gasteiger partial charge in [-0.1, -0.05) is 36.1 Å². The molecule has 0 aliphatic carbocycles. The highest BCUT2D eigenvalue weighted by Crippen LogP contribution is 2.20. The number of hydrogen-bond donors (Lipinski definition) is 3. The number of nitrogens with zero attached hydrogens (tertiary/aromatic N) is 1. The number of benzene rings is 2. The molecule has 1 aliphatic rings. The molecule has 134 valence electrons. The average molecular weight is 361 g/mol. The van der Waals surface area contributed by atoms with Crippen molar-refractivity contribution in [3.05, 3.63) is 59.8 Å². The molecule has 0 unspecified atom stereocenters. The van der Waals surface area contributed by atoms with Crippen LogP contribution in [0.25, 0.3) is 10.9 Å². The highest BCUT2D eigenvalue weighted by Gasteiger charge is 2.41. The number of ether oxygens (including phenoxy) is 1. The molecule has 2 heterocycles. The lowest BCUT2D eigenvalue weighted by molar-refractivity contribution is -0.148. The number of carbonyl (C=O) groups is 2. The van der Waals surface area contributed by atoms with Gasteiger partial charge in [0, 0.05) is 23.1 Å². The molecule has 0 spiro atoms. The minimum absolute atomic E-state index is 0.140. The number of aromatic amines is 1. The van der Waals surface area contributed by atoms with E-state index in [9.17, 15) is 14.7 Å². The Morgan fingerprint density at radius 1 is 1.26 bits per heavy atom. The lowest BCUT2D eigenvalue weighted by Gasteiger charge is -2.08. The first-order valence-electron chi connectivity index (χ1n) is 8.32. The number of esters is 1. The first kappa shape index (κ1) is 16.8. The van der Waals surface area contributed by atoms with E-state index < -0.39 is 11.6 Å². The zero-order valence-corrected chi connectivity index (χ0v) is 14.2. The zero-order valence-electron chi connectivity index (χ0n) is 14.2. The fourth-order valence-corrected chi connectivity index (χ4v) is 2.80. The fourth-order valence-electron chi connectivity index (χ4n) is 2.80. The van der Waals surface area contributed by atoms with E-state index >= 15 is 0 Å².